The fourth-order valence-electron chi connectivity index (χ4n) is 4.57. The molecule has 0 bridgehead atoms. The Hall–Kier alpha value is -2.31. The second-order valence-corrected chi connectivity index (χ2v) is 9.28. The van der Waals surface area contributed by atoms with Gasteiger partial charge in [-0.05, 0) is 69.6 Å². The van der Waals surface area contributed by atoms with Crippen molar-refractivity contribution in [2.45, 2.75) is 104 Å². The number of hydrogen-bond donors (Lipinski definition) is 0. The Morgan fingerprint density at radius 2 is 1.91 bits per heavy atom. The van der Waals surface area contributed by atoms with Crippen molar-refractivity contribution in [3.05, 3.63) is 46.8 Å². The molecule has 0 spiro atoms. The van der Waals surface area contributed by atoms with Gasteiger partial charge in [-0.25, -0.2) is 9.48 Å². The molecule has 1 aliphatic rings. The number of aromatic nitrogens is 3. The summed E-state index contributed by atoms with van der Waals surface area (Å²) in [5, 5.41) is 8.06. The zero-order valence-corrected chi connectivity index (χ0v) is 20.3. The van der Waals surface area contributed by atoms with Gasteiger partial charge in [0.25, 0.3) is 5.92 Å². The fourth-order valence-corrected chi connectivity index (χ4v) is 4.57. The lowest BCUT2D eigenvalue weighted by atomic mass is 9.83. The summed E-state index contributed by atoms with van der Waals surface area (Å²) in [6, 6.07) is 6.95. The van der Waals surface area contributed by atoms with Crippen molar-refractivity contribution in [2.24, 2.45) is 5.92 Å². The molecular formula is C26H37F2N3O2. The van der Waals surface area contributed by atoms with E-state index in [2.05, 4.69) is 17.2 Å². The molecule has 7 heteroatoms. The minimum Gasteiger partial charge on any atom is -0.459 e. The summed E-state index contributed by atoms with van der Waals surface area (Å²) >= 11 is 0. The zero-order chi connectivity index (χ0) is 24.0. The van der Waals surface area contributed by atoms with Crippen molar-refractivity contribution in [3.8, 4) is 0 Å². The largest absolute Gasteiger partial charge is 0.459 e. The number of fused-ring (bicyclic) bond motifs is 1. The molecule has 0 saturated heterocycles. The quantitative estimate of drug-likeness (QED) is 0.392. The standard InChI is InChI=1S/C26H37F2N3O2/c1-5-10-22(7-3)33-25(32)20-15-13-19(14-16-20)17-21-11-8-9-12-23-24(26(21,27)28)29-30-31(23)18(4)6-2/h13-16,18,21-22H,5-12,17H2,1-4H3. The van der Waals surface area contributed by atoms with Crippen LogP contribution in [0.4, 0.5) is 8.78 Å². The van der Waals surface area contributed by atoms with Crippen molar-refractivity contribution in [1.29, 1.82) is 0 Å². The van der Waals surface area contributed by atoms with Crippen LogP contribution in [-0.4, -0.2) is 27.1 Å². The lowest BCUT2D eigenvalue weighted by Crippen LogP contribution is -2.31. The van der Waals surface area contributed by atoms with Gasteiger partial charge in [0.2, 0.25) is 0 Å². The highest BCUT2D eigenvalue weighted by Crippen LogP contribution is 2.43. The first-order valence-electron chi connectivity index (χ1n) is 12.4. The van der Waals surface area contributed by atoms with E-state index in [0.717, 1.165) is 44.1 Å². The van der Waals surface area contributed by atoms with E-state index in [9.17, 15) is 4.79 Å². The fraction of sp³-hybridized carbons (Fsp3) is 0.654. The van der Waals surface area contributed by atoms with Crippen molar-refractivity contribution in [2.75, 3.05) is 0 Å². The summed E-state index contributed by atoms with van der Waals surface area (Å²) in [5.41, 5.74) is 1.66. The maximum Gasteiger partial charge on any atom is 0.338 e. The molecule has 3 unspecified atom stereocenters. The van der Waals surface area contributed by atoms with Crippen LogP contribution in [-0.2, 0) is 23.5 Å². The highest BCUT2D eigenvalue weighted by Gasteiger charge is 2.46. The molecule has 1 aliphatic carbocycles. The maximum absolute atomic E-state index is 15.6. The van der Waals surface area contributed by atoms with E-state index in [4.69, 9.17) is 4.74 Å². The van der Waals surface area contributed by atoms with Crippen LogP contribution >= 0.6 is 0 Å². The summed E-state index contributed by atoms with van der Waals surface area (Å²) in [6.07, 6.45) is 6.13. The minimum atomic E-state index is -3.05. The summed E-state index contributed by atoms with van der Waals surface area (Å²) in [7, 11) is 0. The van der Waals surface area contributed by atoms with E-state index in [1.54, 1.807) is 28.9 Å². The van der Waals surface area contributed by atoms with Gasteiger partial charge in [-0.15, -0.1) is 5.10 Å². The summed E-state index contributed by atoms with van der Waals surface area (Å²) < 4.78 is 38.5. The van der Waals surface area contributed by atoms with Crippen LogP contribution in [0.15, 0.2) is 24.3 Å². The number of hydrogen-bond acceptors (Lipinski definition) is 4. The van der Waals surface area contributed by atoms with E-state index >= 15 is 8.78 Å². The Kier molecular flexibility index (Phi) is 8.60. The molecule has 3 rings (SSSR count). The number of carbonyl (C=O) groups is 1. The summed E-state index contributed by atoms with van der Waals surface area (Å²) in [6.45, 7) is 8.07. The lowest BCUT2D eigenvalue weighted by Gasteiger charge is -2.29. The van der Waals surface area contributed by atoms with Gasteiger partial charge < -0.3 is 4.74 Å². The van der Waals surface area contributed by atoms with Gasteiger partial charge in [-0.1, -0.05) is 51.0 Å². The third kappa shape index (κ3) is 5.79. The predicted octanol–water partition coefficient (Wildman–Crippen LogP) is 6.66. The third-order valence-electron chi connectivity index (χ3n) is 6.86. The molecule has 1 heterocycles. The molecule has 33 heavy (non-hydrogen) atoms. The van der Waals surface area contributed by atoms with Gasteiger partial charge >= 0.3 is 5.97 Å². The number of carbonyl (C=O) groups excluding carboxylic acids is 1. The molecule has 0 saturated carbocycles. The number of esters is 1. The maximum atomic E-state index is 15.6. The van der Waals surface area contributed by atoms with Crippen LogP contribution < -0.4 is 0 Å². The van der Waals surface area contributed by atoms with E-state index in [1.165, 1.54) is 0 Å². The second-order valence-electron chi connectivity index (χ2n) is 9.28. The molecule has 0 fully saturated rings. The molecule has 1 aromatic heterocycles. The van der Waals surface area contributed by atoms with Gasteiger partial charge in [-0.2, -0.15) is 8.78 Å². The molecule has 2 aromatic rings. The number of alkyl halides is 2. The molecule has 0 amide bonds. The van der Waals surface area contributed by atoms with E-state index in [-0.39, 0.29) is 30.2 Å². The number of benzene rings is 1. The lowest BCUT2D eigenvalue weighted by molar-refractivity contribution is -0.0751. The van der Waals surface area contributed by atoms with Gasteiger partial charge in [0, 0.05) is 5.92 Å². The molecule has 5 nitrogen and oxygen atoms in total. The first-order chi connectivity index (χ1) is 15.8. The van der Waals surface area contributed by atoms with E-state index in [0.29, 0.717) is 24.1 Å². The minimum absolute atomic E-state index is 0.0480. The molecule has 1 aromatic carbocycles. The van der Waals surface area contributed by atoms with Gasteiger partial charge in [0.15, 0.2) is 5.69 Å². The number of nitrogens with zero attached hydrogens (tertiary/aromatic N) is 3. The van der Waals surface area contributed by atoms with E-state index in [1.807, 2.05) is 20.8 Å². The van der Waals surface area contributed by atoms with Crippen LogP contribution in [0.1, 0.15) is 106 Å². The number of rotatable bonds is 9. The Balaban J connectivity index is 1.76. The summed E-state index contributed by atoms with van der Waals surface area (Å²) in [4.78, 5) is 12.4. The molecular weight excluding hydrogens is 424 g/mol. The highest BCUT2D eigenvalue weighted by atomic mass is 19.3. The van der Waals surface area contributed by atoms with Gasteiger partial charge in [0.1, 0.15) is 6.10 Å². The first-order valence-corrected chi connectivity index (χ1v) is 12.4. The Labute approximate surface area is 195 Å². The zero-order valence-electron chi connectivity index (χ0n) is 20.3. The predicted molar refractivity (Wildman–Crippen MR) is 125 cm³/mol. The topological polar surface area (TPSA) is 57.0 Å². The smallest absolute Gasteiger partial charge is 0.338 e. The average Bonchev–Trinajstić information content (AvgIpc) is 3.24. The molecule has 0 N–H and O–H groups in total. The monoisotopic (exact) mass is 461 g/mol. The number of halogens is 2. The summed E-state index contributed by atoms with van der Waals surface area (Å²) in [5.74, 6) is -4.26. The molecule has 3 atom stereocenters. The molecule has 0 radical (unpaired) electrons. The number of ether oxygens (including phenoxy) is 1. The SMILES string of the molecule is CCCC(CC)OC(=O)c1ccc(CC2CCCCc3c(nnn3C(C)CC)C2(F)F)cc1. The second kappa shape index (κ2) is 11.2. The van der Waals surface area contributed by atoms with Crippen LogP contribution in [0.2, 0.25) is 0 Å². The average molecular weight is 462 g/mol. The van der Waals surface area contributed by atoms with Crippen molar-refractivity contribution in [3.63, 3.8) is 0 Å². The highest BCUT2D eigenvalue weighted by molar-refractivity contribution is 5.89. The van der Waals surface area contributed by atoms with Crippen molar-refractivity contribution >= 4 is 5.97 Å². The van der Waals surface area contributed by atoms with Crippen molar-refractivity contribution < 1.29 is 18.3 Å². The Bertz CT molecular complexity index is 911. The van der Waals surface area contributed by atoms with Gasteiger partial charge in [0.05, 0.1) is 17.3 Å². The third-order valence-corrected chi connectivity index (χ3v) is 6.86. The van der Waals surface area contributed by atoms with Crippen LogP contribution in [0.3, 0.4) is 0 Å². The molecule has 182 valence electrons. The van der Waals surface area contributed by atoms with Crippen LogP contribution in [0, 0.1) is 5.92 Å². The van der Waals surface area contributed by atoms with Crippen LogP contribution in [0.5, 0.6) is 0 Å². The van der Waals surface area contributed by atoms with Gasteiger partial charge in [-0.3, -0.25) is 0 Å². The first kappa shape index (κ1) is 25.3. The Morgan fingerprint density at radius 1 is 1.18 bits per heavy atom. The molecule has 0 aliphatic heterocycles. The van der Waals surface area contributed by atoms with Crippen LogP contribution in [0.25, 0.3) is 0 Å². The normalized spacial score (nSPS) is 19.8. The van der Waals surface area contributed by atoms with E-state index < -0.39 is 11.8 Å². The van der Waals surface area contributed by atoms with Crippen molar-refractivity contribution in [1.82, 2.24) is 15.0 Å². The Morgan fingerprint density at radius 3 is 2.55 bits per heavy atom.